The van der Waals surface area contributed by atoms with Gasteiger partial charge in [0.15, 0.2) is 0 Å². The highest BCUT2D eigenvalue weighted by Crippen LogP contribution is 2.23. The monoisotopic (exact) mass is 615 g/mol. The smallest absolute Gasteiger partial charge is 0.410 e. The third kappa shape index (κ3) is 9.54. The molecule has 0 aromatic heterocycles. The summed E-state index contributed by atoms with van der Waals surface area (Å²) < 4.78 is 5.71. The quantitative estimate of drug-likeness (QED) is 0.199. The average molecular weight is 616 g/mol. The fourth-order valence-corrected chi connectivity index (χ4v) is 5.80. The second kappa shape index (κ2) is 16.1. The first-order valence-electron chi connectivity index (χ1n) is 15.5. The molecule has 0 bridgehead atoms. The average Bonchev–Trinajstić information content (AvgIpc) is 3.00. The van der Waals surface area contributed by atoms with Crippen molar-refractivity contribution >= 4 is 18.0 Å². The Morgan fingerprint density at radius 2 is 1.53 bits per heavy atom. The number of aryl methyl sites for hydroxylation is 2. The number of aliphatic hydroxyl groups excluding tert-OH is 1. The van der Waals surface area contributed by atoms with E-state index in [0.29, 0.717) is 38.1 Å². The second-order valence-corrected chi connectivity index (χ2v) is 11.8. The molecule has 3 aromatic carbocycles. The number of carbonyl (C=O) groups excluding carboxylic acids is 3. The van der Waals surface area contributed by atoms with Crippen LogP contribution in [-0.4, -0.2) is 71.4 Å². The van der Waals surface area contributed by atoms with Gasteiger partial charge in [-0.3, -0.25) is 4.79 Å². The van der Waals surface area contributed by atoms with E-state index in [9.17, 15) is 19.5 Å². The van der Waals surface area contributed by atoms with E-state index in [0.717, 1.165) is 22.3 Å². The Balaban J connectivity index is 1.55. The number of urea groups is 1. The number of hydrogen-bond acceptors (Lipinski definition) is 6. The van der Waals surface area contributed by atoms with Crippen molar-refractivity contribution in [3.8, 4) is 5.75 Å². The lowest BCUT2D eigenvalue weighted by molar-refractivity contribution is -0.127. The summed E-state index contributed by atoms with van der Waals surface area (Å²) in [5.74, 6) is 0.0815. The van der Waals surface area contributed by atoms with Gasteiger partial charge in [0.2, 0.25) is 5.91 Å². The normalized spacial score (nSPS) is 16.5. The van der Waals surface area contributed by atoms with Crippen LogP contribution in [0.3, 0.4) is 0 Å². The fourth-order valence-electron chi connectivity index (χ4n) is 5.80. The first-order valence-corrected chi connectivity index (χ1v) is 15.5. The topological polar surface area (TPSA) is 146 Å². The van der Waals surface area contributed by atoms with Crippen LogP contribution in [0.2, 0.25) is 0 Å². The number of ether oxygens (including phenoxy) is 1. The summed E-state index contributed by atoms with van der Waals surface area (Å²) in [7, 11) is 0. The third-order valence-electron chi connectivity index (χ3n) is 8.08. The van der Waals surface area contributed by atoms with Crippen LogP contribution < -0.4 is 26.4 Å². The van der Waals surface area contributed by atoms with Gasteiger partial charge >= 0.3 is 12.1 Å². The van der Waals surface area contributed by atoms with Crippen molar-refractivity contribution in [1.29, 1.82) is 0 Å². The van der Waals surface area contributed by atoms with Crippen LogP contribution in [-0.2, 0) is 17.6 Å². The van der Waals surface area contributed by atoms with Crippen LogP contribution in [0, 0.1) is 13.8 Å². The molecule has 0 aliphatic carbocycles. The zero-order valence-corrected chi connectivity index (χ0v) is 26.2. The molecule has 1 aliphatic rings. The van der Waals surface area contributed by atoms with Gasteiger partial charge in [-0.05, 0) is 68.7 Å². The largest absolute Gasteiger partial charge is 0.412 e. The number of benzene rings is 3. The number of hydrogen-bond donors (Lipinski definition) is 5. The minimum absolute atomic E-state index is 0.125. The van der Waals surface area contributed by atoms with E-state index >= 15 is 0 Å². The Morgan fingerprint density at radius 1 is 0.933 bits per heavy atom. The zero-order chi connectivity index (χ0) is 32.3. The summed E-state index contributed by atoms with van der Waals surface area (Å²) >= 11 is 0. The van der Waals surface area contributed by atoms with Gasteiger partial charge in [-0.1, -0.05) is 78.9 Å². The molecule has 0 spiro atoms. The van der Waals surface area contributed by atoms with Gasteiger partial charge in [0.1, 0.15) is 11.8 Å². The lowest BCUT2D eigenvalue weighted by Crippen LogP contribution is -2.62. The predicted molar refractivity (Wildman–Crippen MR) is 174 cm³/mol. The van der Waals surface area contributed by atoms with Crippen LogP contribution in [0.1, 0.15) is 42.0 Å². The first-order chi connectivity index (χ1) is 21.6. The number of nitrogens with one attached hydrogen (secondary N) is 3. The van der Waals surface area contributed by atoms with Crippen LogP contribution in [0.4, 0.5) is 9.59 Å². The molecule has 240 valence electrons. The van der Waals surface area contributed by atoms with Gasteiger partial charge < -0.3 is 36.4 Å². The number of rotatable bonds is 13. The summed E-state index contributed by atoms with van der Waals surface area (Å²) in [6.07, 6.45) is -0.140. The van der Waals surface area contributed by atoms with Crippen molar-refractivity contribution in [2.45, 2.75) is 76.7 Å². The number of amides is 4. The molecule has 1 aliphatic heterocycles. The summed E-state index contributed by atoms with van der Waals surface area (Å²) in [6, 6.07) is 21.7. The van der Waals surface area contributed by atoms with Crippen molar-refractivity contribution in [2.75, 3.05) is 13.1 Å². The number of nitrogens with two attached hydrogens (primary N) is 1. The van der Waals surface area contributed by atoms with E-state index in [1.807, 2.05) is 92.7 Å². The Labute approximate surface area is 265 Å². The molecule has 4 amide bonds. The molecule has 6 N–H and O–H groups in total. The van der Waals surface area contributed by atoms with Crippen LogP contribution in [0.15, 0.2) is 78.9 Å². The van der Waals surface area contributed by atoms with Crippen LogP contribution in [0.5, 0.6) is 5.75 Å². The van der Waals surface area contributed by atoms with Gasteiger partial charge in [0, 0.05) is 25.2 Å². The summed E-state index contributed by atoms with van der Waals surface area (Å²) in [5, 5.41) is 20.4. The molecule has 10 nitrogen and oxygen atoms in total. The predicted octanol–water partition coefficient (Wildman–Crippen LogP) is 3.61. The van der Waals surface area contributed by atoms with Crippen LogP contribution in [0.25, 0.3) is 0 Å². The summed E-state index contributed by atoms with van der Waals surface area (Å²) in [5.41, 5.74) is 9.77. The SMILES string of the molecule is Cc1cccc(C)c1OC(=O)NC(Cc1ccccc1)[C@@H](O)C[C@H](Cc1ccccc1)NC(=O)[C@H](C(C)N)N1CCCNC1=O. The highest BCUT2D eigenvalue weighted by Gasteiger charge is 2.36. The maximum atomic E-state index is 13.7. The summed E-state index contributed by atoms with van der Waals surface area (Å²) in [4.78, 5) is 41.0. The highest BCUT2D eigenvalue weighted by molar-refractivity contribution is 5.88. The standard InChI is InChI=1S/C35H45N5O5/c1-23-12-10-13-24(2)32(23)45-35(44)39-29(21-27-16-8-5-9-17-27)30(41)22-28(20-26-14-6-4-7-15-26)38-33(42)31(25(3)36)40-19-11-18-37-34(40)43/h4-10,12-17,25,28-31,41H,11,18-22,36H2,1-3H3,(H,37,43)(H,38,42)(H,39,44)/t25?,28-,29?,30-,31-/m0/s1. The molecule has 5 atom stereocenters. The molecule has 3 aromatic rings. The lowest BCUT2D eigenvalue weighted by Gasteiger charge is -2.37. The van der Waals surface area contributed by atoms with Gasteiger partial charge in [0.05, 0.1) is 12.1 Å². The number of nitrogens with zero attached hydrogens (tertiary/aromatic N) is 1. The molecule has 45 heavy (non-hydrogen) atoms. The number of aliphatic hydroxyl groups is 1. The van der Waals surface area contributed by atoms with E-state index in [-0.39, 0.29) is 12.5 Å². The van der Waals surface area contributed by atoms with E-state index in [1.54, 1.807) is 6.92 Å². The van der Waals surface area contributed by atoms with E-state index < -0.39 is 42.3 Å². The number of para-hydroxylation sites is 1. The van der Waals surface area contributed by atoms with Gasteiger partial charge in [-0.25, -0.2) is 9.59 Å². The molecule has 10 heteroatoms. The molecule has 1 fully saturated rings. The Bertz CT molecular complexity index is 1400. The van der Waals surface area contributed by atoms with Crippen molar-refractivity contribution in [3.63, 3.8) is 0 Å². The van der Waals surface area contributed by atoms with Gasteiger partial charge in [-0.15, -0.1) is 0 Å². The molecule has 0 radical (unpaired) electrons. The molecular formula is C35H45N5O5. The van der Waals surface area contributed by atoms with E-state index in [4.69, 9.17) is 10.5 Å². The van der Waals surface area contributed by atoms with Gasteiger partial charge in [-0.2, -0.15) is 0 Å². The van der Waals surface area contributed by atoms with Gasteiger partial charge in [0.25, 0.3) is 0 Å². The minimum atomic E-state index is -1.06. The first kappa shape index (κ1) is 33.5. The van der Waals surface area contributed by atoms with E-state index in [2.05, 4.69) is 16.0 Å². The zero-order valence-electron chi connectivity index (χ0n) is 26.2. The Hall–Kier alpha value is -4.41. The molecule has 4 rings (SSSR count). The fraction of sp³-hybridized carbons (Fsp3) is 0.400. The van der Waals surface area contributed by atoms with Crippen molar-refractivity contribution in [1.82, 2.24) is 20.9 Å². The molecule has 1 heterocycles. The highest BCUT2D eigenvalue weighted by atomic mass is 16.6. The second-order valence-electron chi connectivity index (χ2n) is 11.8. The summed E-state index contributed by atoms with van der Waals surface area (Å²) in [6.45, 7) is 6.41. The maximum Gasteiger partial charge on any atom is 0.412 e. The van der Waals surface area contributed by atoms with Crippen molar-refractivity contribution < 1.29 is 24.2 Å². The maximum absolute atomic E-state index is 13.7. The molecule has 1 saturated heterocycles. The molecular weight excluding hydrogens is 570 g/mol. The number of carbonyl (C=O) groups is 3. The minimum Gasteiger partial charge on any atom is -0.410 e. The lowest BCUT2D eigenvalue weighted by atomic mass is 9.93. The van der Waals surface area contributed by atoms with E-state index in [1.165, 1.54) is 4.90 Å². The Kier molecular flexibility index (Phi) is 11.9. The van der Waals surface area contributed by atoms with Crippen molar-refractivity contribution in [2.24, 2.45) is 5.73 Å². The van der Waals surface area contributed by atoms with Crippen molar-refractivity contribution in [3.05, 3.63) is 101 Å². The molecule has 0 saturated carbocycles. The third-order valence-corrected chi connectivity index (χ3v) is 8.08. The Morgan fingerprint density at radius 3 is 2.11 bits per heavy atom. The molecule has 2 unspecified atom stereocenters. The van der Waals surface area contributed by atoms with Crippen LogP contribution >= 0.6 is 0 Å².